The summed E-state index contributed by atoms with van der Waals surface area (Å²) in [4.78, 5) is 2.36. The van der Waals surface area contributed by atoms with Crippen molar-refractivity contribution in [3.8, 4) is 11.5 Å². The molecule has 0 radical (unpaired) electrons. The van der Waals surface area contributed by atoms with Crippen LogP contribution in [0.15, 0.2) is 16.6 Å². The Labute approximate surface area is 146 Å². The molecule has 1 saturated heterocycles. The van der Waals surface area contributed by atoms with Crippen molar-refractivity contribution in [1.82, 2.24) is 10.2 Å². The molecule has 5 nitrogen and oxygen atoms in total. The third-order valence-electron chi connectivity index (χ3n) is 3.73. The minimum Gasteiger partial charge on any atom is -0.503 e. The largest absolute Gasteiger partial charge is 0.503 e. The van der Waals surface area contributed by atoms with E-state index in [4.69, 9.17) is 4.74 Å². The van der Waals surface area contributed by atoms with Gasteiger partial charge in [0.2, 0.25) is 0 Å². The highest BCUT2D eigenvalue weighted by Gasteiger charge is 2.23. The third-order valence-corrected chi connectivity index (χ3v) is 4.33. The van der Waals surface area contributed by atoms with Crippen molar-refractivity contribution in [2.24, 2.45) is 0 Å². The maximum absolute atomic E-state index is 10.0. The predicted molar refractivity (Wildman–Crippen MR) is 93.1 cm³/mol. The van der Waals surface area contributed by atoms with Crippen LogP contribution in [0.25, 0.3) is 0 Å². The molecule has 0 aliphatic carbocycles. The van der Waals surface area contributed by atoms with E-state index in [0.717, 1.165) is 31.7 Å². The molecule has 1 aromatic carbocycles. The molecular formula is C15H24BrClN2O3. The number of nitrogens with one attached hydrogen (secondary N) is 1. The number of phenols is 1. The molecule has 2 rings (SSSR count). The molecule has 1 aliphatic heterocycles. The average Bonchev–Trinajstić information content (AvgIpc) is 2.50. The van der Waals surface area contributed by atoms with Gasteiger partial charge in [0.05, 0.1) is 11.1 Å². The fourth-order valence-electron chi connectivity index (χ4n) is 2.73. The maximum atomic E-state index is 10.0. The number of halogens is 2. The third kappa shape index (κ3) is 4.73. The van der Waals surface area contributed by atoms with Gasteiger partial charge in [-0.3, -0.25) is 4.90 Å². The molecule has 0 saturated carbocycles. The normalized spacial score (nSPS) is 16.9. The molecule has 0 spiro atoms. The lowest BCUT2D eigenvalue weighted by Crippen LogP contribution is -2.45. The number of aromatic hydroxyl groups is 1. The number of rotatable bonds is 6. The molecule has 1 atom stereocenters. The van der Waals surface area contributed by atoms with Gasteiger partial charge >= 0.3 is 0 Å². The molecule has 1 heterocycles. The molecule has 3 N–H and O–H groups in total. The van der Waals surface area contributed by atoms with Gasteiger partial charge in [-0.1, -0.05) is 0 Å². The smallest absolute Gasteiger partial charge is 0.172 e. The first kappa shape index (κ1) is 19.5. The van der Waals surface area contributed by atoms with E-state index in [1.807, 2.05) is 19.1 Å². The summed E-state index contributed by atoms with van der Waals surface area (Å²) >= 11 is 3.39. The first-order valence-electron chi connectivity index (χ1n) is 7.38. The molecule has 1 fully saturated rings. The molecule has 22 heavy (non-hydrogen) atoms. The number of aliphatic hydroxyl groups is 1. The van der Waals surface area contributed by atoms with Gasteiger partial charge < -0.3 is 20.3 Å². The van der Waals surface area contributed by atoms with E-state index in [0.29, 0.717) is 23.2 Å². The van der Waals surface area contributed by atoms with Crippen molar-refractivity contribution in [3.63, 3.8) is 0 Å². The van der Waals surface area contributed by atoms with Crippen molar-refractivity contribution in [2.45, 2.75) is 19.4 Å². The Morgan fingerprint density at radius 1 is 1.36 bits per heavy atom. The first-order chi connectivity index (χ1) is 10.2. The molecular weight excluding hydrogens is 372 g/mol. The molecule has 0 amide bonds. The summed E-state index contributed by atoms with van der Waals surface area (Å²) in [6, 6.07) is 3.93. The number of benzene rings is 1. The molecule has 1 aromatic rings. The van der Waals surface area contributed by atoms with Crippen LogP contribution in [0.1, 0.15) is 24.9 Å². The maximum Gasteiger partial charge on any atom is 0.172 e. The lowest BCUT2D eigenvalue weighted by molar-refractivity contribution is 0.141. The molecule has 7 heteroatoms. The van der Waals surface area contributed by atoms with Gasteiger partial charge in [-0.25, -0.2) is 0 Å². The number of aliphatic hydroxyl groups excluding tert-OH is 1. The van der Waals surface area contributed by atoms with Crippen LogP contribution >= 0.6 is 28.3 Å². The van der Waals surface area contributed by atoms with Crippen LogP contribution < -0.4 is 10.1 Å². The Morgan fingerprint density at radius 2 is 2.05 bits per heavy atom. The summed E-state index contributed by atoms with van der Waals surface area (Å²) in [5.41, 5.74) is 1.05. The monoisotopic (exact) mass is 394 g/mol. The molecule has 0 unspecified atom stereocenters. The van der Waals surface area contributed by atoms with E-state index >= 15 is 0 Å². The van der Waals surface area contributed by atoms with E-state index in [9.17, 15) is 10.2 Å². The molecule has 1 aliphatic rings. The van der Waals surface area contributed by atoms with Gasteiger partial charge in [0, 0.05) is 38.8 Å². The van der Waals surface area contributed by atoms with Gasteiger partial charge in [0.1, 0.15) is 0 Å². The van der Waals surface area contributed by atoms with Crippen LogP contribution in [-0.2, 0) is 0 Å². The first-order valence-corrected chi connectivity index (χ1v) is 8.17. The van der Waals surface area contributed by atoms with E-state index in [2.05, 4.69) is 26.1 Å². The zero-order valence-corrected chi connectivity index (χ0v) is 15.1. The minimum atomic E-state index is 0. The molecule has 126 valence electrons. The Morgan fingerprint density at radius 3 is 2.64 bits per heavy atom. The highest BCUT2D eigenvalue weighted by atomic mass is 79.9. The number of phenolic OH excluding ortho intramolecular Hbond substituents is 1. The van der Waals surface area contributed by atoms with Gasteiger partial charge in [-0.15, -0.1) is 12.4 Å². The summed E-state index contributed by atoms with van der Waals surface area (Å²) < 4.78 is 6.13. The van der Waals surface area contributed by atoms with Crippen LogP contribution in [-0.4, -0.2) is 54.5 Å². The Balaban J connectivity index is 0.00000242. The Kier molecular flexibility index (Phi) is 8.49. The zero-order chi connectivity index (χ0) is 15.2. The number of hydrogen-bond donors (Lipinski definition) is 3. The van der Waals surface area contributed by atoms with Crippen LogP contribution in [0.3, 0.4) is 0 Å². The fraction of sp³-hybridized carbons (Fsp3) is 0.600. The number of piperazine rings is 1. The van der Waals surface area contributed by atoms with Crippen molar-refractivity contribution in [2.75, 3.05) is 39.4 Å². The van der Waals surface area contributed by atoms with Crippen LogP contribution in [0.4, 0.5) is 0 Å². The van der Waals surface area contributed by atoms with E-state index in [-0.39, 0.29) is 30.8 Å². The van der Waals surface area contributed by atoms with Crippen LogP contribution in [0.2, 0.25) is 0 Å². The summed E-state index contributed by atoms with van der Waals surface area (Å²) in [5, 5.41) is 22.8. The second-order valence-corrected chi connectivity index (χ2v) is 5.95. The van der Waals surface area contributed by atoms with Gasteiger partial charge in [-0.2, -0.15) is 0 Å². The zero-order valence-electron chi connectivity index (χ0n) is 12.7. The van der Waals surface area contributed by atoms with Gasteiger partial charge in [0.25, 0.3) is 0 Å². The summed E-state index contributed by atoms with van der Waals surface area (Å²) in [6.07, 6.45) is 0.669. The van der Waals surface area contributed by atoms with Crippen LogP contribution in [0.5, 0.6) is 11.5 Å². The highest BCUT2D eigenvalue weighted by Crippen LogP contribution is 2.39. The van der Waals surface area contributed by atoms with Gasteiger partial charge in [0.15, 0.2) is 11.5 Å². The van der Waals surface area contributed by atoms with E-state index < -0.39 is 0 Å². The second-order valence-electron chi connectivity index (χ2n) is 5.10. The summed E-state index contributed by atoms with van der Waals surface area (Å²) in [7, 11) is 0. The van der Waals surface area contributed by atoms with Crippen molar-refractivity contribution in [3.05, 3.63) is 22.2 Å². The number of ether oxygens (including phenoxy) is 1. The van der Waals surface area contributed by atoms with Gasteiger partial charge in [-0.05, 0) is 47.0 Å². The molecule has 0 aromatic heterocycles. The predicted octanol–water partition coefficient (Wildman–Crippen LogP) is 2.30. The van der Waals surface area contributed by atoms with Crippen molar-refractivity contribution in [1.29, 1.82) is 0 Å². The Bertz CT molecular complexity index is 470. The van der Waals surface area contributed by atoms with Crippen molar-refractivity contribution >= 4 is 28.3 Å². The van der Waals surface area contributed by atoms with E-state index in [1.165, 1.54) is 0 Å². The highest BCUT2D eigenvalue weighted by molar-refractivity contribution is 9.10. The summed E-state index contributed by atoms with van der Waals surface area (Å²) in [6.45, 7) is 6.35. The average molecular weight is 396 g/mol. The lowest BCUT2D eigenvalue weighted by Gasteiger charge is -2.35. The van der Waals surface area contributed by atoms with Crippen molar-refractivity contribution < 1.29 is 14.9 Å². The SMILES string of the molecule is CCOc1cc([C@H](CCO)N2CCNCC2)cc(Br)c1O.Cl. The topological polar surface area (TPSA) is 65.0 Å². The number of nitrogens with zero attached hydrogens (tertiary/aromatic N) is 1. The lowest BCUT2D eigenvalue weighted by atomic mass is 10.0. The fourth-order valence-corrected chi connectivity index (χ4v) is 3.19. The standard InChI is InChI=1S/C15H23BrN2O3.ClH/c1-2-21-14-10-11(9-12(16)15(14)20)13(3-8-19)18-6-4-17-5-7-18;/h9-10,13,17,19-20H,2-8H2,1H3;1H/t13-;/m0./s1. The quantitative estimate of drug-likeness (QED) is 0.690. The summed E-state index contributed by atoms with van der Waals surface area (Å²) in [5.74, 6) is 0.614. The Hall–Kier alpha value is -0.530. The minimum absolute atomic E-state index is 0. The molecule has 0 bridgehead atoms. The number of hydrogen-bond acceptors (Lipinski definition) is 5. The van der Waals surface area contributed by atoms with E-state index in [1.54, 1.807) is 0 Å². The van der Waals surface area contributed by atoms with Crippen LogP contribution in [0, 0.1) is 0 Å². The second kappa shape index (κ2) is 9.57.